The van der Waals surface area contributed by atoms with E-state index in [0.29, 0.717) is 17.9 Å². The number of nitrogen functional groups attached to an aromatic ring is 1. The van der Waals surface area contributed by atoms with Gasteiger partial charge in [0.25, 0.3) is 5.91 Å². The Bertz CT molecular complexity index is 417. The Morgan fingerprint density at radius 3 is 2.95 bits per heavy atom. The van der Waals surface area contributed by atoms with E-state index in [4.69, 9.17) is 5.84 Å². The number of carbonyl (C=O) groups is 1. The molecule has 1 aromatic rings. The first kappa shape index (κ1) is 13.8. The van der Waals surface area contributed by atoms with Gasteiger partial charge in [-0.1, -0.05) is 0 Å². The maximum Gasteiger partial charge on any atom is 0.269 e. The van der Waals surface area contributed by atoms with Crippen molar-refractivity contribution in [3.8, 4) is 0 Å². The number of hydrogen-bond acceptors (Lipinski definition) is 5. The van der Waals surface area contributed by atoms with Crippen LogP contribution in [-0.2, 0) is 0 Å². The molecule has 0 unspecified atom stereocenters. The van der Waals surface area contributed by atoms with E-state index in [1.165, 1.54) is 25.9 Å². The Morgan fingerprint density at radius 2 is 2.21 bits per heavy atom. The SMILES string of the molecule is NNc1ccnc(C(=O)NCCCN2CCCC2)c1. The first-order valence-corrected chi connectivity index (χ1v) is 6.73. The summed E-state index contributed by atoms with van der Waals surface area (Å²) in [6.07, 6.45) is 5.14. The first-order chi connectivity index (χ1) is 9.29. The number of amides is 1. The van der Waals surface area contributed by atoms with Gasteiger partial charge < -0.3 is 15.6 Å². The Labute approximate surface area is 113 Å². The van der Waals surface area contributed by atoms with E-state index in [1.54, 1.807) is 18.3 Å². The Morgan fingerprint density at radius 1 is 1.42 bits per heavy atom. The molecule has 2 rings (SSSR count). The maximum atomic E-state index is 11.9. The number of nitrogens with two attached hydrogens (primary N) is 1. The molecule has 6 heteroatoms. The highest BCUT2D eigenvalue weighted by atomic mass is 16.1. The van der Waals surface area contributed by atoms with Gasteiger partial charge in [0, 0.05) is 12.7 Å². The van der Waals surface area contributed by atoms with Crippen molar-refractivity contribution in [3.63, 3.8) is 0 Å². The number of aromatic nitrogens is 1. The van der Waals surface area contributed by atoms with Gasteiger partial charge in [-0.3, -0.25) is 15.6 Å². The van der Waals surface area contributed by atoms with Crippen molar-refractivity contribution in [1.82, 2.24) is 15.2 Å². The van der Waals surface area contributed by atoms with Crippen molar-refractivity contribution in [2.45, 2.75) is 19.3 Å². The van der Waals surface area contributed by atoms with Crippen LogP contribution in [0.4, 0.5) is 5.69 Å². The van der Waals surface area contributed by atoms with Crippen molar-refractivity contribution in [2.75, 3.05) is 31.6 Å². The highest BCUT2D eigenvalue weighted by Crippen LogP contribution is 2.07. The summed E-state index contributed by atoms with van der Waals surface area (Å²) in [5.74, 6) is 5.14. The van der Waals surface area contributed by atoms with Crippen molar-refractivity contribution in [3.05, 3.63) is 24.0 Å². The van der Waals surface area contributed by atoms with Gasteiger partial charge in [0.2, 0.25) is 0 Å². The minimum Gasteiger partial charge on any atom is -0.351 e. The van der Waals surface area contributed by atoms with Crippen LogP contribution in [0.15, 0.2) is 18.3 Å². The molecule has 0 bridgehead atoms. The fourth-order valence-electron chi connectivity index (χ4n) is 2.25. The molecule has 104 valence electrons. The fourth-order valence-corrected chi connectivity index (χ4v) is 2.25. The van der Waals surface area contributed by atoms with E-state index in [2.05, 4.69) is 20.6 Å². The summed E-state index contributed by atoms with van der Waals surface area (Å²) in [4.78, 5) is 18.3. The molecule has 4 N–H and O–H groups in total. The van der Waals surface area contributed by atoms with E-state index >= 15 is 0 Å². The van der Waals surface area contributed by atoms with Crippen LogP contribution in [-0.4, -0.2) is 42.0 Å². The number of carbonyl (C=O) groups excluding carboxylic acids is 1. The molecule has 1 aromatic heterocycles. The van der Waals surface area contributed by atoms with Crippen LogP contribution >= 0.6 is 0 Å². The number of likely N-dealkylation sites (tertiary alicyclic amines) is 1. The second-order valence-corrected chi connectivity index (χ2v) is 4.73. The van der Waals surface area contributed by atoms with E-state index in [-0.39, 0.29) is 5.91 Å². The van der Waals surface area contributed by atoms with Gasteiger partial charge in [-0.2, -0.15) is 0 Å². The summed E-state index contributed by atoms with van der Waals surface area (Å²) in [5.41, 5.74) is 3.56. The number of rotatable bonds is 6. The molecular weight excluding hydrogens is 242 g/mol. The molecular formula is C13H21N5O. The zero-order valence-electron chi connectivity index (χ0n) is 11.1. The van der Waals surface area contributed by atoms with Gasteiger partial charge in [0.15, 0.2) is 0 Å². The lowest BCUT2D eigenvalue weighted by Crippen LogP contribution is -2.29. The van der Waals surface area contributed by atoms with Gasteiger partial charge in [0.05, 0.1) is 5.69 Å². The lowest BCUT2D eigenvalue weighted by atomic mass is 10.3. The number of hydrogen-bond donors (Lipinski definition) is 3. The predicted molar refractivity (Wildman–Crippen MR) is 74.7 cm³/mol. The van der Waals surface area contributed by atoms with Crippen LogP contribution in [0.25, 0.3) is 0 Å². The van der Waals surface area contributed by atoms with E-state index in [1.807, 2.05) is 0 Å². The van der Waals surface area contributed by atoms with Gasteiger partial charge in [0.1, 0.15) is 5.69 Å². The summed E-state index contributed by atoms with van der Waals surface area (Å²) in [7, 11) is 0. The molecule has 2 heterocycles. The molecule has 1 aliphatic heterocycles. The smallest absolute Gasteiger partial charge is 0.269 e. The number of nitrogens with one attached hydrogen (secondary N) is 2. The maximum absolute atomic E-state index is 11.9. The minimum absolute atomic E-state index is 0.154. The van der Waals surface area contributed by atoms with E-state index in [9.17, 15) is 4.79 Å². The monoisotopic (exact) mass is 263 g/mol. The zero-order chi connectivity index (χ0) is 13.5. The largest absolute Gasteiger partial charge is 0.351 e. The number of pyridine rings is 1. The van der Waals surface area contributed by atoms with Gasteiger partial charge in [-0.15, -0.1) is 0 Å². The molecule has 0 aliphatic carbocycles. The number of hydrazine groups is 1. The molecule has 0 aromatic carbocycles. The van der Waals surface area contributed by atoms with Crippen molar-refractivity contribution >= 4 is 11.6 Å². The predicted octanol–water partition coefficient (Wildman–Crippen LogP) is 0.583. The lowest BCUT2D eigenvalue weighted by Gasteiger charge is -2.14. The van der Waals surface area contributed by atoms with Gasteiger partial charge >= 0.3 is 0 Å². The molecule has 0 radical (unpaired) electrons. The Balaban J connectivity index is 1.71. The third-order valence-corrected chi connectivity index (χ3v) is 3.29. The molecule has 1 amide bonds. The third kappa shape index (κ3) is 4.18. The number of nitrogens with zero attached hydrogens (tertiary/aromatic N) is 2. The molecule has 6 nitrogen and oxygen atoms in total. The Kier molecular flexibility index (Phi) is 5.11. The average molecular weight is 263 g/mol. The normalized spacial score (nSPS) is 15.4. The quantitative estimate of drug-likeness (QED) is 0.397. The molecule has 0 saturated carbocycles. The summed E-state index contributed by atoms with van der Waals surface area (Å²) in [6.45, 7) is 4.12. The van der Waals surface area contributed by atoms with Gasteiger partial charge in [-0.25, -0.2) is 0 Å². The van der Waals surface area contributed by atoms with E-state index < -0.39 is 0 Å². The summed E-state index contributed by atoms with van der Waals surface area (Å²) >= 11 is 0. The summed E-state index contributed by atoms with van der Waals surface area (Å²) in [6, 6.07) is 3.35. The molecule has 1 saturated heterocycles. The van der Waals surface area contributed by atoms with Crippen molar-refractivity contribution in [2.24, 2.45) is 5.84 Å². The summed E-state index contributed by atoms with van der Waals surface area (Å²) in [5, 5.41) is 2.88. The first-order valence-electron chi connectivity index (χ1n) is 6.73. The minimum atomic E-state index is -0.154. The highest BCUT2D eigenvalue weighted by molar-refractivity contribution is 5.93. The molecule has 1 fully saturated rings. The van der Waals surface area contributed by atoms with Crippen LogP contribution in [0.1, 0.15) is 29.8 Å². The van der Waals surface area contributed by atoms with Crippen LogP contribution in [0.3, 0.4) is 0 Å². The van der Waals surface area contributed by atoms with Gasteiger partial charge in [-0.05, 0) is 51.0 Å². The Hall–Kier alpha value is -1.66. The molecule has 0 atom stereocenters. The van der Waals surface area contributed by atoms with Crippen LogP contribution < -0.4 is 16.6 Å². The highest BCUT2D eigenvalue weighted by Gasteiger charge is 2.11. The topological polar surface area (TPSA) is 83.3 Å². The number of anilines is 1. The standard InChI is InChI=1S/C13H21N5O/c14-17-11-4-6-15-12(10-11)13(19)16-5-3-9-18-7-1-2-8-18/h4,6,10H,1-3,5,7-9,14H2,(H,15,17)(H,16,19). The lowest BCUT2D eigenvalue weighted by molar-refractivity contribution is 0.0947. The molecule has 1 aliphatic rings. The van der Waals surface area contributed by atoms with Crippen LogP contribution in [0.2, 0.25) is 0 Å². The van der Waals surface area contributed by atoms with Crippen molar-refractivity contribution < 1.29 is 4.79 Å². The zero-order valence-corrected chi connectivity index (χ0v) is 11.1. The fraction of sp³-hybridized carbons (Fsp3) is 0.538. The average Bonchev–Trinajstić information content (AvgIpc) is 2.96. The second-order valence-electron chi connectivity index (χ2n) is 4.73. The van der Waals surface area contributed by atoms with Crippen LogP contribution in [0.5, 0.6) is 0 Å². The summed E-state index contributed by atoms with van der Waals surface area (Å²) < 4.78 is 0. The molecule has 0 spiro atoms. The van der Waals surface area contributed by atoms with Crippen molar-refractivity contribution in [1.29, 1.82) is 0 Å². The van der Waals surface area contributed by atoms with E-state index in [0.717, 1.165) is 13.0 Å². The second kappa shape index (κ2) is 7.06. The third-order valence-electron chi connectivity index (χ3n) is 3.29. The molecule has 19 heavy (non-hydrogen) atoms. The van der Waals surface area contributed by atoms with Crippen LogP contribution in [0, 0.1) is 0 Å².